The first-order valence-corrected chi connectivity index (χ1v) is 21.6. The number of ether oxygens (including phenoxy) is 3. The molecule has 3 fully saturated rings. The Morgan fingerprint density at radius 2 is 1.70 bits per heavy atom. The van der Waals surface area contributed by atoms with Gasteiger partial charge < -0.3 is 29.7 Å². The molecule has 3 aliphatic heterocycles. The number of hydrogen-bond acceptors (Lipinski definition) is 11. The number of rotatable bonds is 16. The van der Waals surface area contributed by atoms with Gasteiger partial charge in [-0.2, -0.15) is 0 Å². The van der Waals surface area contributed by atoms with Crippen LogP contribution < -0.4 is 25.4 Å². The second-order valence-electron chi connectivity index (χ2n) is 16.6. The zero-order valence-electron chi connectivity index (χ0n) is 35.3. The van der Waals surface area contributed by atoms with E-state index in [0.717, 1.165) is 47.0 Å². The highest BCUT2D eigenvalue weighted by atomic mass is 19.1. The molecule has 1 aliphatic carbocycles. The van der Waals surface area contributed by atoms with E-state index in [1.807, 2.05) is 13.0 Å². The van der Waals surface area contributed by atoms with Gasteiger partial charge in [-0.3, -0.25) is 48.8 Å². The lowest BCUT2D eigenvalue weighted by atomic mass is 9.73. The van der Waals surface area contributed by atoms with E-state index >= 15 is 0 Å². The average molecular weight is 877 g/mol. The number of halogens is 1. The average Bonchev–Trinajstić information content (AvgIpc) is 3.53. The molecule has 2 saturated heterocycles. The third-order valence-corrected chi connectivity index (χ3v) is 12.5. The van der Waals surface area contributed by atoms with Crippen LogP contribution in [0.4, 0.5) is 10.1 Å². The summed E-state index contributed by atoms with van der Waals surface area (Å²) in [7, 11) is 0. The third kappa shape index (κ3) is 9.73. The molecule has 17 heteroatoms. The van der Waals surface area contributed by atoms with Crippen LogP contribution in [-0.4, -0.2) is 108 Å². The molecule has 3 N–H and O–H groups in total. The molecule has 1 saturated carbocycles. The second kappa shape index (κ2) is 19.3. The molecule has 3 aromatic carbocycles. The number of benzene rings is 3. The van der Waals surface area contributed by atoms with Crippen molar-refractivity contribution in [2.24, 2.45) is 11.8 Å². The molecule has 0 bridgehead atoms. The molecule has 64 heavy (non-hydrogen) atoms. The number of anilines is 1. The molecule has 4 aliphatic rings. The van der Waals surface area contributed by atoms with E-state index in [1.165, 1.54) is 24.3 Å². The first kappa shape index (κ1) is 43.9. The highest BCUT2D eigenvalue weighted by Crippen LogP contribution is 2.41. The molecule has 1 unspecified atom stereocenters. The van der Waals surface area contributed by atoms with Crippen molar-refractivity contribution in [1.29, 1.82) is 0 Å². The van der Waals surface area contributed by atoms with E-state index in [9.17, 15) is 38.0 Å². The number of carbonyl (C=O) groups excluding carboxylic acids is 7. The van der Waals surface area contributed by atoms with E-state index < -0.39 is 42.2 Å². The zero-order chi connectivity index (χ0) is 44.9. The number of fused-ring (bicyclic) bond motifs is 2. The van der Waals surface area contributed by atoms with Gasteiger partial charge in [0.05, 0.1) is 49.4 Å². The number of nitrogens with zero attached hydrogens (tertiary/aromatic N) is 3. The predicted molar refractivity (Wildman–Crippen MR) is 229 cm³/mol. The first-order valence-electron chi connectivity index (χ1n) is 21.6. The van der Waals surface area contributed by atoms with E-state index in [-0.39, 0.29) is 91.5 Å². The first-order chi connectivity index (χ1) is 30.9. The fourth-order valence-corrected chi connectivity index (χ4v) is 8.90. The maximum atomic E-state index is 14.0. The molecule has 0 spiro atoms. The van der Waals surface area contributed by atoms with Crippen molar-refractivity contribution in [3.63, 3.8) is 0 Å². The van der Waals surface area contributed by atoms with Crippen molar-refractivity contribution in [2.75, 3.05) is 44.8 Å². The summed E-state index contributed by atoms with van der Waals surface area (Å²) in [4.78, 5) is 95.4. The number of piperidine rings is 1. The van der Waals surface area contributed by atoms with Crippen LogP contribution in [0.3, 0.4) is 0 Å². The van der Waals surface area contributed by atoms with Crippen molar-refractivity contribution in [3.8, 4) is 11.5 Å². The smallest absolute Gasteiger partial charge is 0.266 e. The van der Waals surface area contributed by atoms with E-state index in [2.05, 4.69) is 20.9 Å². The Hall–Kier alpha value is -6.75. The standard InChI is InChI=1S/C47H49FN6O10/c1-27(28-5-7-29(8-6-28)34-17-19-49-37-14-9-30(48)23-36(34)37)44(58)51-31-10-12-32(13-11-31)64-33-24-53(25-33)42(57)18-21-62-22-20-50-41(56)26-63-39-4-2-3-35-43(39)47(61)54(46(35)60)38-15-16-40(55)52-45(38)59/h2-4,9-14,17,19,23,27-29,33,38H,5-8,15-16,18,20-22,24-26H2,1H3,(H,50,56)(H,51,58)(H,52,55,59)/t27-,28-,29+,38?/m1/s1. The van der Waals surface area contributed by atoms with Crippen LogP contribution in [0.5, 0.6) is 11.5 Å². The van der Waals surface area contributed by atoms with E-state index in [1.54, 1.807) is 47.5 Å². The number of likely N-dealkylation sites (tertiary alicyclic amines) is 1. The lowest BCUT2D eigenvalue weighted by Crippen LogP contribution is -2.56. The van der Waals surface area contributed by atoms with Crippen molar-refractivity contribution >= 4 is 57.9 Å². The molecule has 4 aromatic rings. The molecule has 7 amide bonds. The Bertz CT molecular complexity index is 2470. The number of imide groups is 2. The number of amides is 7. The topological polar surface area (TPSA) is 203 Å². The van der Waals surface area contributed by atoms with Crippen LogP contribution in [0.15, 0.2) is 72.9 Å². The minimum atomic E-state index is -1.12. The van der Waals surface area contributed by atoms with Gasteiger partial charge in [0.15, 0.2) is 6.61 Å². The van der Waals surface area contributed by atoms with Gasteiger partial charge in [0.1, 0.15) is 29.5 Å². The van der Waals surface area contributed by atoms with Crippen LogP contribution in [0.2, 0.25) is 0 Å². The number of nitrogens with one attached hydrogen (secondary N) is 3. The van der Waals surface area contributed by atoms with Crippen molar-refractivity contribution in [1.82, 2.24) is 25.4 Å². The molecule has 4 heterocycles. The van der Waals surface area contributed by atoms with E-state index in [0.29, 0.717) is 30.4 Å². The molecule has 334 valence electrons. The quantitative estimate of drug-likeness (QED) is 0.106. The summed E-state index contributed by atoms with van der Waals surface area (Å²) in [6.07, 6.45) is 5.46. The molecule has 1 aromatic heterocycles. The Morgan fingerprint density at radius 1 is 0.922 bits per heavy atom. The van der Waals surface area contributed by atoms with Gasteiger partial charge in [-0.1, -0.05) is 13.0 Å². The van der Waals surface area contributed by atoms with Gasteiger partial charge in [-0.05, 0) is 110 Å². The van der Waals surface area contributed by atoms with Crippen LogP contribution in [-0.2, 0) is 28.7 Å². The summed E-state index contributed by atoms with van der Waals surface area (Å²) >= 11 is 0. The fourth-order valence-electron chi connectivity index (χ4n) is 8.90. The van der Waals surface area contributed by atoms with Crippen molar-refractivity contribution in [3.05, 3.63) is 95.4 Å². The lowest BCUT2D eigenvalue weighted by Gasteiger charge is -2.39. The van der Waals surface area contributed by atoms with Gasteiger partial charge in [0.2, 0.25) is 23.6 Å². The SMILES string of the molecule is C[C@@H](C(=O)Nc1ccc(OC2CN(C(=O)CCOCCNC(=O)COc3cccc4c3C(=O)N(C3CCC(=O)NC3=O)C4=O)C2)cc1)[C@H]1CC[C@@H](c2ccnc3ccc(F)cc32)CC1. The number of pyridine rings is 1. The normalized spacial score (nSPS) is 20.3. The van der Waals surface area contributed by atoms with Gasteiger partial charge in [-0.25, -0.2) is 4.39 Å². The summed E-state index contributed by atoms with van der Waals surface area (Å²) in [6, 6.07) is 17.2. The summed E-state index contributed by atoms with van der Waals surface area (Å²) in [6.45, 7) is 2.83. The molecule has 8 rings (SSSR count). The number of carbonyl (C=O) groups is 7. The minimum absolute atomic E-state index is 0.00592. The molecule has 0 radical (unpaired) electrons. The van der Waals surface area contributed by atoms with Crippen LogP contribution in [0.25, 0.3) is 10.9 Å². The summed E-state index contributed by atoms with van der Waals surface area (Å²) < 4.78 is 31.2. The Labute approximate surface area is 368 Å². The molecular formula is C47H49FN6O10. The van der Waals surface area contributed by atoms with Crippen molar-refractivity contribution in [2.45, 2.75) is 69.9 Å². The number of aromatic nitrogens is 1. The molecule has 2 atom stereocenters. The lowest BCUT2D eigenvalue weighted by molar-refractivity contribution is -0.141. The van der Waals surface area contributed by atoms with Crippen molar-refractivity contribution < 1.29 is 52.2 Å². The Balaban J connectivity index is 0.681. The largest absolute Gasteiger partial charge is 0.487 e. The second-order valence-corrected chi connectivity index (χ2v) is 16.6. The zero-order valence-corrected chi connectivity index (χ0v) is 35.3. The van der Waals surface area contributed by atoms with Gasteiger partial charge >= 0.3 is 0 Å². The molecular weight excluding hydrogens is 828 g/mol. The highest BCUT2D eigenvalue weighted by molar-refractivity contribution is 6.24. The number of hydrogen-bond donors (Lipinski definition) is 3. The highest BCUT2D eigenvalue weighted by Gasteiger charge is 2.46. The van der Waals surface area contributed by atoms with Crippen LogP contribution >= 0.6 is 0 Å². The predicted octanol–water partition coefficient (Wildman–Crippen LogP) is 4.52. The summed E-state index contributed by atoms with van der Waals surface area (Å²) in [5, 5.41) is 8.69. The van der Waals surface area contributed by atoms with Crippen LogP contribution in [0.1, 0.15) is 84.1 Å². The fraction of sp³-hybridized carbons (Fsp3) is 0.404. The van der Waals surface area contributed by atoms with Gasteiger partial charge in [0, 0.05) is 36.2 Å². The minimum Gasteiger partial charge on any atom is -0.487 e. The van der Waals surface area contributed by atoms with Gasteiger partial charge in [0.25, 0.3) is 17.7 Å². The monoisotopic (exact) mass is 876 g/mol. The Kier molecular flexibility index (Phi) is 13.3. The third-order valence-electron chi connectivity index (χ3n) is 12.5. The molecule has 16 nitrogen and oxygen atoms in total. The summed E-state index contributed by atoms with van der Waals surface area (Å²) in [5.74, 6) is -2.47. The van der Waals surface area contributed by atoms with E-state index in [4.69, 9.17) is 14.2 Å². The Morgan fingerprint density at radius 3 is 2.47 bits per heavy atom. The maximum absolute atomic E-state index is 14.0. The summed E-state index contributed by atoms with van der Waals surface area (Å²) in [5.41, 5.74) is 2.58. The van der Waals surface area contributed by atoms with Gasteiger partial charge in [-0.15, -0.1) is 0 Å². The van der Waals surface area contributed by atoms with Crippen LogP contribution in [0, 0.1) is 17.7 Å². The maximum Gasteiger partial charge on any atom is 0.266 e.